The lowest BCUT2D eigenvalue weighted by atomic mass is 9.77. The molecule has 24 heavy (non-hydrogen) atoms. The van der Waals surface area contributed by atoms with E-state index in [0.29, 0.717) is 30.6 Å². The van der Waals surface area contributed by atoms with Gasteiger partial charge in [0, 0.05) is 25.7 Å². The quantitative estimate of drug-likeness (QED) is 0.831. The molecular formula is C18H24N4O2. The van der Waals surface area contributed by atoms with Crippen molar-refractivity contribution in [3.63, 3.8) is 0 Å². The fourth-order valence-electron chi connectivity index (χ4n) is 4.69. The van der Waals surface area contributed by atoms with E-state index in [9.17, 15) is 9.59 Å². The van der Waals surface area contributed by atoms with Gasteiger partial charge in [-0.05, 0) is 38.2 Å². The fourth-order valence-corrected chi connectivity index (χ4v) is 4.69. The third-order valence-corrected chi connectivity index (χ3v) is 6.01. The number of hydrogen-bond acceptors (Lipinski definition) is 4. The van der Waals surface area contributed by atoms with Crippen molar-refractivity contribution in [2.24, 2.45) is 5.41 Å². The average Bonchev–Trinajstić information content (AvgIpc) is 3.29. The highest BCUT2D eigenvalue weighted by Gasteiger charge is 2.50. The van der Waals surface area contributed by atoms with Crippen LogP contribution >= 0.6 is 0 Å². The molecule has 0 aromatic carbocycles. The van der Waals surface area contributed by atoms with Gasteiger partial charge < -0.3 is 9.80 Å². The minimum Gasteiger partial charge on any atom is -0.339 e. The monoisotopic (exact) mass is 328 g/mol. The van der Waals surface area contributed by atoms with E-state index < -0.39 is 0 Å². The third kappa shape index (κ3) is 2.58. The molecule has 6 heteroatoms. The molecule has 1 aromatic rings. The van der Waals surface area contributed by atoms with Crippen molar-refractivity contribution in [1.29, 1.82) is 0 Å². The SMILES string of the molecule is O=C(c1ccnnc1)N1CC[C@@]2(CCCN(C3CCCC3)C2=O)C1. The van der Waals surface area contributed by atoms with Crippen molar-refractivity contribution < 1.29 is 9.59 Å². The Labute approximate surface area is 142 Å². The van der Waals surface area contributed by atoms with Gasteiger partial charge in [0.05, 0.1) is 23.4 Å². The van der Waals surface area contributed by atoms with E-state index in [4.69, 9.17) is 0 Å². The average molecular weight is 328 g/mol. The maximum Gasteiger partial charge on any atom is 0.255 e. The van der Waals surface area contributed by atoms with E-state index in [1.807, 2.05) is 4.90 Å². The molecule has 6 nitrogen and oxygen atoms in total. The zero-order valence-corrected chi connectivity index (χ0v) is 14.0. The van der Waals surface area contributed by atoms with Crippen molar-refractivity contribution in [3.05, 3.63) is 24.0 Å². The number of amides is 2. The van der Waals surface area contributed by atoms with Gasteiger partial charge in [-0.25, -0.2) is 0 Å². The molecule has 0 unspecified atom stereocenters. The first-order valence-electron chi connectivity index (χ1n) is 9.07. The second-order valence-electron chi connectivity index (χ2n) is 7.43. The Morgan fingerprint density at radius 1 is 1.12 bits per heavy atom. The van der Waals surface area contributed by atoms with Gasteiger partial charge >= 0.3 is 0 Å². The highest BCUT2D eigenvalue weighted by molar-refractivity contribution is 5.95. The summed E-state index contributed by atoms with van der Waals surface area (Å²) in [6, 6.07) is 2.12. The molecule has 0 radical (unpaired) electrons. The zero-order chi connectivity index (χ0) is 16.6. The Bertz CT molecular complexity index is 629. The van der Waals surface area contributed by atoms with Crippen LogP contribution in [0, 0.1) is 5.41 Å². The van der Waals surface area contributed by atoms with Crippen molar-refractivity contribution in [1.82, 2.24) is 20.0 Å². The number of rotatable bonds is 2. The molecule has 2 aliphatic heterocycles. The van der Waals surface area contributed by atoms with Crippen molar-refractivity contribution in [2.75, 3.05) is 19.6 Å². The van der Waals surface area contributed by atoms with Gasteiger partial charge in [-0.3, -0.25) is 9.59 Å². The summed E-state index contributed by atoms with van der Waals surface area (Å²) in [4.78, 5) is 29.8. The zero-order valence-electron chi connectivity index (χ0n) is 14.0. The molecule has 2 amide bonds. The third-order valence-electron chi connectivity index (χ3n) is 6.01. The van der Waals surface area contributed by atoms with E-state index in [1.165, 1.54) is 25.2 Å². The summed E-state index contributed by atoms with van der Waals surface area (Å²) < 4.78 is 0. The predicted molar refractivity (Wildman–Crippen MR) is 88.2 cm³/mol. The Morgan fingerprint density at radius 2 is 1.96 bits per heavy atom. The minimum atomic E-state index is -0.350. The molecule has 0 bridgehead atoms. The molecule has 3 aliphatic rings. The second-order valence-corrected chi connectivity index (χ2v) is 7.43. The highest BCUT2D eigenvalue weighted by atomic mass is 16.2. The van der Waals surface area contributed by atoms with Gasteiger partial charge in [-0.2, -0.15) is 10.2 Å². The van der Waals surface area contributed by atoms with Crippen LogP contribution in [0.4, 0.5) is 0 Å². The Hall–Kier alpha value is -1.98. The van der Waals surface area contributed by atoms with Gasteiger partial charge in [-0.1, -0.05) is 12.8 Å². The first kappa shape index (κ1) is 15.5. The lowest BCUT2D eigenvalue weighted by Gasteiger charge is -2.42. The van der Waals surface area contributed by atoms with Crippen LogP contribution in [0.25, 0.3) is 0 Å². The van der Waals surface area contributed by atoms with Gasteiger partial charge in [0.2, 0.25) is 5.91 Å². The van der Waals surface area contributed by atoms with Crippen LogP contribution in [-0.4, -0.2) is 57.5 Å². The number of carbonyl (C=O) groups excluding carboxylic acids is 2. The summed E-state index contributed by atoms with van der Waals surface area (Å²) in [5.74, 6) is 0.261. The molecule has 1 saturated carbocycles. The summed E-state index contributed by atoms with van der Waals surface area (Å²) in [7, 11) is 0. The molecule has 2 saturated heterocycles. The highest BCUT2D eigenvalue weighted by Crippen LogP contribution is 2.42. The Kier molecular flexibility index (Phi) is 3.98. The summed E-state index contributed by atoms with van der Waals surface area (Å²) in [5.41, 5.74) is 0.203. The maximum absolute atomic E-state index is 13.2. The van der Waals surface area contributed by atoms with E-state index >= 15 is 0 Å². The standard InChI is InChI=1S/C18H24N4O2/c23-16(14-6-9-19-20-12-14)21-11-8-18(13-21)7-3-10-22(17(18)24)15-4-1-2-5-15/h6,9,12,15H,1-5,7-8,10-11,13H2/t18-/m0/s1. The van der Waals surface area contributed by atoms with Gasteiger partial charge in [-0.15, -0.1) is 0 Å². The van der Waals surface area contributed by atoms with Crippen molar-refractivity contribution in [2.45, 2.75) is 51.0 Å². The molecule has 4 rings (SSSR count). The normalized spacial score (nSPS) is 28.1. The van der Waals surface area contributed by atoms with Crippen LogP contribution in [0.1, 0.15) is 55.3 Å². The number of nitrogens with zero attached hydrogens (tertiary/aromatic N) is 4. The number of hydrogen-bond donors (Lipinski definition) is 0. The first-order chi connectivity index (χ1) is 11.7. The Balaban J connectivity index is 1.50. The molecule has 3 heterocycles. The van der Waals surface area contributed by atoms with Crippen molar-refractivity contribution in [3.8, 4) is 0 Å². The summed E-state index contributed by atoms with van der Waals surface area (Å²) in [6.07, 6.45) is 10.6. The van der Waals surface area contributed by atoms with E-state index in [0.717, 1.165) is 38.6 Å². The fraction of sp³-hybridized carbons (Fsp3) is 0.667. The summed E-state index contributed by atoms with van der Waals surface area (Å²) >= 11 is 0. The Morgan fingerprint density at radius 3 is 2.71 bits per heavy atom. The number of aromatic nitrogens is 2. The lowest BCUT2D eigenvalue weighted by molar-refractivity contribution is -0.148. The molecule has 1 spiro atoms. The molecule has 3 fully saturated rings. The molecule has 1 aromatic heterocycles. The van der Waals surface area contributed by atoms with Crippen molar-refractivity contribution >= 4 is 11.8 Å². The van der Waals surface area contributed by atoms with E-state index in [-0.39, 0.29) is 11.3 Å². The summed E-state index contributed by atoms with van der Waals surface area (Å²) in [5, 5.41) is 7.51. The molecule has 1 atom stereocenters. The van der Waals surface area contributed by atoms with Gasteiger partial charge in [0.15, 0.2) is 0 Å². The van der Waals surface area contributed by atoms with Crippen LogP contribution in [0.3, 0.4) is 0 Å². The van der Waals surface area contributed by atoms with E-state index in [2.05, 4.69) is 15.1 Å². The molecule has 0 N–H and O–H groups in total. The van der Waals surface area contributed by atoms with Gasteiger partial charge in [0.1, 0.15) is 0 Å². The summed E-state index contributed by atoms with van der Waals surface area (Å²) in [6.45, 7) is 2.11. The first-order valence-corrected chi connectivity index (χ1v) is 9.07. The lowest BCUT2D eigenvalue weighted by Crippen LogP contribution is -2.53. The molecule has 1 aliphatic carbocycles. The van der Waals surface area contributed by atoms with Crippen LogP contribution in [-0.2, 0) is 4.79 Å². The minimum absolute atomic E-state index is 0.0347. The number of carbonyl (C=O) groups is 2. The van der Waals surface area contributed by atoms with Crippen LogP contribution in [0.5, 0.6) is 0 Å². The smallest absolute Gasteiger partial charge is 0.255 e. The second kappa shape index (κ2) is 6.15. The van der Waals surface area contributed by atoms with E-state index in [1.54, 1.807) is 6.07 Å². The van der Waals surface area contributed by atoms with Crippen LogP contribution in [0.15, 0.2) is 18.5 Å². The molecular weight excluding hydrogens is 304 g/mol. The number of likely N-dealkylation sites (tertiary alicyclic amines) is 2. The predicted octanol–water partition coefficient (Wildman–Crippen LogP) is 1.87. The van der Waals surface area contributed by atoms with Crippen LogP contribution in [0.2, 0.25) is 0 Å². The van der Waals surface area contributed by atoms with Crippen LogP contribution < -0.4 is 0 Å². The topological polar surface area (TPSA) is 66.4 Å². The van der Waals surface area contributed by atoms with Gasteiger partial charge in [0.25, 0.3) is 5.91 Å². The maximum atomic E-state index is 13.2. The largest absolute Gasteiger partial charge is 0.339 e. The molecule has 128 valence electrons. The number of piperidine rings is 1.